The lowest BCUT2D eigenvalue weighted by Gasteiger charge is -2.21. The van der Waals surface area contributed by atoms with Crippen molar-refractivity contribution in [3.63, 3.8) is 0 Å². The van der Waals surface area contributed by atoms with Gasteiger partial charge in [-0.15, -0.1) is 0 Å². The first kappa shape index (κ1) is 19.4. The van der Waals surface area contributed by atoms with Gasteiger partial charge in [-0.05, 0) is 29.8 Å². The molecule has 0 radical (unpaired) electrons. The van der Waals surface area contributed by atoms with Crippen LogP contribution in [0.1, 0.15) is 5.56 Å². The third-order valence-electron chi connectivity index (χ3n) is 2.24. The Hall–Kier alpha value is -1.63. The molecule has 0 saturated heterocycles. The number of rotatable bonds is 7. The van der Waals surface area contributed by atoms with Crippen molar-refractivity contribution in [2.24, 2.45) is 5.10 Å². The number of methoxy groups -OCH3 is 1. The summed E-state index contributed by atoms with van der Waals surface area (Å²) in [5.41, 5.74) is 3.38. The van der Waals surface area contributed by atoms with Crippen LogP contribution in [0.25, 0.3) is 0 Å². The lowest BCUT2D eigenvalue weighted by atomic mass is 10.2. The first-order valence-electron chi connectivity index (χ1n) is 6.25. The highest BCUT2D eigenvalue weighted by Crippen LogP contribution is 2.10. The van der Waals surface area contributed by atoms with Crippen LogP contribution in [0.5, 0.6) is 5.75 Å². The second-order valence-electron chi connectivity index (χ2n) is 5.36. The number of hydrogen-bond donors (Lipinski definition) is 1. The van der Waals surface area contributed by atoms with Gasteiger partial charge in [-0.1, -0.05) is 0 Å². The van der Waals surface area contributed by atoms with Gasteiger partial charge in [0, 0.05) is 7.11 Å². The van der Waals surface area contributed by atoms with Crippen LogP contribution < -0.4 is 22.6 Å². The topological polar surface area (TPSA) is 59.9 Å². The lowest BCUT2D eigenvalue weighted by Crippen LogP contribution is -3.00. The molecule has 0 bridgehead atoms. The predicted octanol–water partition coefficient (Wildman–Crippen LogP) is -2.17. The molecule has 0 aliphatic rings. The number of nitrogens with zero attached hydrogens (tertiary/aromatic N) is 2. The molecule has 0 aromatic heterocycles. The lowest BCUT2D eigenvalue weighted by molar-refractivity contribution is -0.862. The highest BCUT2D eigenvalue weighted by molar-refractivity contribution is 5.82. The van der Waals surface area contributed by atoms with Gasteiger partial charge in [0.1, 0.15) is 5.75 Å². The maximum atomic E-state index is 11.5. The number of quaternary nitrogens is 1. The quantitative estimate of drug-likeness (QED) is 0.270. The SMILES string of the molecule is COCOc1ccc(/C=N/NC(=O)C[N+](C)(C)C)cc1.[Cl-]. The first-order valence-corrected chi connectivity index (χ1v) is 6.25. The van der Waals surface area contributed by atoms with Crippen LogP contribution in [0.4, 0.5) is 0 Å². The zero-order valence-electron chi connectivity index (χ0n) is 12.8. The molecule has 1 N–H and O–H groups in total. The van der Waals surface area contributed by atoms with E-state index in [0.717, 1.165) is 11.3 Å². The van der Waals surface area contributed by atoms with E-state index in [1.807, 2.05) is 45.4 Å². The molecule has 21 heavy (non-hydrogen) atoms. The minimum atomic E-state index is -0.117. The van der Waals surface area contributed by atoms with Crippen molar-refractivity contribution < 1.29 is 31.2 Å². The molecule has 1 amide bonds. The standard InChI is InChI=1S/C14H21N3O3.ClH/c1-17(2,3)10-14(18)16-15-9-12-5-7-13(8-6-12)20-11-19-4;/h5-9H,10-11H2,1-4H3;1H/b15-9+;. The molecule has 6 nitrogen and oxygen atoms in total. The summed E-state index contributed by atoms with van der Waals surface area (Å²) in [7, 11) is 7.41. The van der Waals surface area contributed by atoms with Crippen molar-refractivity contribution in [1.82, 2.24) is 5.43 Å². The van der Waals surface area contributed by atoms with E-state index in [-0.39, 0.29) is 25.1 Å². The van der Waals surface area contributed by atoms with E-state index >= 15 is 0 Å². The maximum absolute atomic E-state index is 11.5. The molecule has 0 atom stereocenters. The Morgan fingerprint density at radius 2 is 1.90 bits per heavy atom. The van der Waals surface area contributed by atoms with E-state index in [4.69, 9.17) is 9.47 Å². The Morgan fingerprint density at radius 3 is 2.43 bits per heavy atom. The molecule has 0 aliphatic heterocycles. The van der Waals surface area contributed by atoms with Crippen molar-refractivity contribution in [2.75, 3.05) is 41.6 Å². The Morgan fingerprint density at radius 1 is 1.29 bits per heavy atom. The van der Waals surface area contributed by atoms with Crippen molar-refractivity contribution in [3.05, 3.63) is 29.8 Å². The molecule has 0 fully saturated rings. The van der Waals surface area contributed by atoms with Crippen molar-refractivity contribution in [2.45, 2.75) is 0 Å². The predicted molar refractivity (Wildman–Crippen MR) is 77.6 cm³/mol. The third kappa shape index (κ3) is 9.01. The molecule has 0 heterocycles. The van der Waals surface area contributed by atoms with Gasteiger partial charge in [0.2, 0.25) is 0 Å². The molecular weight excluding hydrogens is 294 g/mol. The molecule has 0 saturated carbocycles. The number of nitrogens with one attached hydrogen (secondary N) is 1. The minimum Gasteiger partial charge on any atom is -1.00 e. The Bertz CT molecular complexity index is 456. The normalized spacial score (nSPS) is 11.0. The van der Waals surface area contributed by atoms with Crippen LogP contribution in [0.15, 0.2) is 29.4 Å². The number of ether oxygens (including phenoxy) is 2. The van der Waals surface area contributed by atoms with Gasteiger partial charge in [-0.25, -0.2) is 5.43 Å². The van der Waals surface area contributed by atoms with Gasteiger partial charge in [0.05, 0.1) is 27.4 Å². The number of carbonyl (C=O) groups is 1. The molecule has 118 valence electrons. The molecule has 1 aromatic rings. The van der Waals surface area contributed by atoms with Crippen LogP contribution in [-0.4, -0.2) is 58.2 Å². The average Bonchev–Trinajstić information content (AvgIpc) is 2.35. The maximum Gasteiger partial charge on any atom is 0.295 e. The summed E-state index contributed by atoms with van der Waals surface area (Å²) in [6.45, 7) is 0.593. The second-order valence-corrected chi connectivity index (χ2v) is 5.36. The van der Waals surface area contributed by atoms with E-state index in [1.165, 1.54) is 0 Å². The Labute approximate surface area is 131 Å². The van der Waals surface area contributed by atoms with Crippen LogP contribution in [-0.2, 0) is 9.53 Å². The summed E-state index contributed by atoms with van der Waals surface area (Å²) in [5.74, 6) is 0.604. The molecular formula is C14H22ClN3O3. The zero-order chi connectivity index (χ0) is 15.0. The molecule has 0 spiro atoms. The van der Waals surface area contributed by atoms with E-state index in [2.05, 4.69) is 10.5 Å². The van der Waals surface area contributed by atoms with Crippen molar-refractivity contribution >= 4 is 12.1 Å². The van der Waals surface area contributed by atoms with Crippen LogP contribution in [0.3, 0.4) is 0 Å². The first-order chi connectivity index (χ1) is 9.40. The number of carbonyl (C=O) groups excluding carboxylic acids is 1. The number of likely N-dealkylation sites (N-methyl/N-ethyl adjacent to an activating group) is 1. The molecule has 1 rings (SSSR count). The van der Waals surface area contributed by atoms with E-state index in [1.54, 1.807) is 13.3 Å². The van der Waals surface area contributed by atoms with Crippen molar-refractivity contribution in [3.8, 4) is 5.75 Å². The summed E-state index contributed by atoms with van der Waals surface area (Å²) in [5, 5.41) is 3.92. The van der Waals surface area contributed by atoms with Gasteiger partial charge in [-0.2, -0.15) is 5.10 Å². The Kier molecular flexibility index (Phi) is 8.61. The fourth-order valence-corrected chi connectivity index (χ4v) is 1.42. The molecule has 0 aliphatic carbocycles. The van der Waals surface area contributed by atoms with Crippen molar-refractivity contribution in [1.29, 1.82) is 0 Å². The third-order valence-corrected chi connectivity index (χ3v) is 2.24. The van der Waals surface area contributed by atoms with Gasteiger partial charge in [0.25, 0.3) is 5.91 Å². The average molecular weight is 316 g/mol. The number of amides is 1. The summed E-state index contributed by atoms with van der Waals surface area (Å²) in [4.78, 5) is 11.5. The van der Waals surface area contributed by atoms with Crippen LogP contribution in [0.2, 0.25) is 0 Å². The zero-order valence-corrected chi connectivity index (χ0v) is 13.6. The largest absolute Gasteiger partial charge is 1.00 e. The molecule has 7 heteroatoms. The Balaban J connectivity index is 0.00000400. The van der Waals surface area contributed by atoms with Crippen LogP contribution >= 0.6 is 0 Å². The summed E-state index contributed by atoms with van der Waals surface area (Å²) in [6, 6.07) is 7.32. The number of halogens is 1. The fraction of sp³-hybridized carbons (Fsp3) is 0.429. The summed E-state index contributed by atoms with van der Waals surface area (Å²) < 4.78 is 10.6. The minimum absolute atomic E-state index is 0. The van der Waals surface area contributed by atoms with E-state index < -0.39 is 0 Å². The van der Waals surface area contributed by atoms with Gasteiger partial charge < -0.3 is 26.4 Å². The summed E-state index contributed by atoms with van der Waals surface area (Å²) in [6.07, 6.45) is 1.59. The van der Waals surface area contributed by atoms with Crippen LogP contribution in [0, 0.1) is 0 Å². The number of benzene rings is 1. The highest BCUT2D eigenvalue weighted by atomic mass is 35.5. The fourth-order valence-electron chi connectivity index (χ4n) is 1.42. The molecule has 1 aromatic carbocycles. The van der Waals surface area contributed by atoms with Gasteiger partial charge in [0.15, 0.2) is 13.3 Å². The number of hydrazone groups is 1. The van der Waals surface area contributed by atoms with Gasteiger partial charge in [-0.3, -0.25) is 4.79 Å². The summed E-state index contributed by atoms with van der Waals surface area (Å²) >= 11 is 0. The van der Waals surface area contributed by atoms with E-state index in [0.29, 0.717) is 11.0 Å². The second kappa shape index (κ2) is 9.33. The number of hydrogen-bond acceptors (Lipinski definition) is 4. The van der Waals surface area contributed by atoms with E-state index in [9.17, 15) is 4.79 Å². The monoisotopic (exact) mass is 315 g/mol. The molecule has 0 unspecified atom stereocenters. The smallest absolute Gasteiger partial charge is 0.295 e. The highest BCUT2D eigenvalue weighted by Gasteiger charge is 2.12. The van der Waals surface area contributed by atoms with Gasteiger partial charge >= 0.3 is 0 Å².